The number of fused-ring (bicyclic) bond motifs is 4. The molecule has 3 aromatic carbocycles. The minimum Gasteiger partial charge on any atom is -0.376 e. The molecule has 0 spiro atoms. The number of rotatable bonds is 4. The van der Waals surface area contributed by atoms with Crippen LogP contribution in [0.25, 0.3) is 11.1 Å². The second kappa shape index (κ2) is 7.67. The van der Waals surface area contributed by atoms with Gasteiger partial charge in [-0.25, -0.2) is 0 Å². The summed E-state index contributed by atoms with van der Waals surface area (Å²) >= 11 is 0. The third-order valence-electron chi connectivity index (χ3n) is 6.69. The molecule has 0 saturated carbocycles. The van der Waals surface area contributed by atoms with Crippen molar-refractivity contribution in [2.45, 2.75) is 25.4 Å². The Kier molecular flexibility index (Phi) is 4.62. The first-order valence-electron chi connectivity index (χ1n) is 11.2. The number of amides is 3. The van der Waals surface area contributed by atoms with E-state index in [1.54, 1.807) is 12.1 Å². The molecule has 6 heteroatoms. The van der Waals surface area contributed by atoms with Crippen molar-refractivity contribution in [1.29, 1.82) is 0 Å². The van der Waals surface area contributed by atoms with E-state index in [4.69, 9.17) is 4.74 Å². The summed E-state index contributed by atoms with van der Waals surface area (Å²) in [4.78, 5) is 39.8. The van der Waals surface area contributed by atoms with Gasteiger partial charge in [-0.2, -0.15) is 0 Å². The second-order valence-corrected chi connectivity index (χ2v) is 8.78. The number of carbonyl (C=O) groups excluding carboxylic acids is 3. The largest absolute Gasteiger partial charge is 0.376 e. The number of benzene rings is 3. The fourth-order valence-electron chi connectivity index (χ4n) is 5.02. The van der Waals surface area contributed by atoms with Crippen LogP contribution in [0.4, 0.5) is 5.69 Å². The third kappa shape index (κ3) is 3.34. The third-order valence-corrected chi connectivity index (χ3v) is 6.69. The monoisotopic (exact) mass is 438 g/mol. The van der Waals surface area contributed by atoms with Gasteiger partial charge in [0, 0.05) is 17.9 Å². The summed E-state index contributed by atoms with van der Waals surface area (Å²) < 4.78 is 5.58. The molecule has 1 aliphatic carbocycles. The van der Waals surface area contributed by atoms with Crippen LogP contribution < -0.4 is 5.32 Å². The van der Waals surface area contributed by atoms with Crippen molar-refractivity contribution < 1.29 is 19.1 Å². The molecule has 2 aliphatic heterocycles. The van der Waals surface area contributed by atoms with Crippen LogP contribution in [0, 0.1) is 0 Å². The van der Waals surface area contributed by atoms with E-state index >= 15 is 0 Å². The molecule has 1 atom stereocenters. The predicted octanol–water partition coefficient (Wildman–Crippen LogP) is 4.29. The zero-order valence-electron chi connectivity index (χ0n) is 18.0. The first kappa shape index (κ1) is 19.9. The normalized spacial score (nSPS) is 18.3. The van der Waals surface area contributed by atoms with Crippen LogP contribution in [0.1, 0.15) is 55.0 Å². The molecule has 0 bridgehead atoms. The van der Waals surface area contributed by atoms with E-state index in [0.717, 1.165) is 19.3 Å². The van der Waals surface area contributed by atoms with Crippen molar-refractivity contribution in [3.8, 4) is 11.1 Å². The lowest BCUT2D eigenvalue weighted by Crippen LogP contribution is -2.36. The smallest absolute Gasteiger partial charge is 0.261 e. The van der Waals surface area contributed by atoms with Gasteiger partial charge in [-0.15, -0.1) is 0 Å². The van der Waals surface area contributed by atoms with Crippen molar-refractivity contribution in [3.05, 3.63) is 88.5 Å². The van der Waals surface area contributed by atoms with Crippen LogP contribution in [0.15, 0.2) is 60.7 Å². The number of carbonyl (C=O) groups is 3. The average Bonchev–Trinajstić information content (AvgIpc) is 3.53. The fraction of sp³-hybridized carbons (Fsp3) is 0.222. The molecule has 1 fully saturated rings. The maximum absolute atomic E-state index is 12.9. The molecule has 1 N–H and O–H groups in total. The summed E-state index contributed by atoms with van der Waals surface area (Å²) in [6.07, 6.45) is 2.51. The molecule has 6 nitrogen and oxygen atoms in total. The number of anilines is 1. The Morgan fingerprint density at radius 1 is 0.909 bits per heavy atom. The molecule has 0 radical (unpaired) electrons. The van der Waals surface area contributed by atoms with Gasteiger partial charge in [0.25, 0.3) is 17.7 Å². The molecule has 1 unspecified atom stereocenters. The first-order chi connectivity index (χ1) is 16.1. The van der Waals surface area contributed by atoms with Gasteiger partial charge in [-0.05, 0) is 71.8 Å². The Hall–Kier alpha value is -3.77. The molecule has 1 saturated heterocycles. The zero-order valence-corrected chi connectivity index (χ0v) is 18.0. The topological polar surface area (TPSA) is 75.7 Å². The summed E-state index contributed by atoms with van der Waals surface area (Å²) in [5.74, 6) is -1.00. The molecule has 3 amide bonds. The summed E-state index contributed by atoms with van der Waals surface area (Å²) in [6.45, 7) is 0.915. The highest BCUT2D eigenvalue weighted by Gasteiger charge is 2.38. The SMILES string of the molecule is O=C(Nc1ccc2c(c1)Cc1ccccc1-2)c1ccc2c(c1)C(=O)N(CC1CCCO1)C2=O. The number of ether oxygens (including phenoxy) is 1. The van der Waals surface area contributed by atoms with Gasteiger partial charge in [-0.1, -0.05) is 30.3 Å². The van der Waals surface area contributed by atoms with Crippen molar-refractivity contribution in [3.63, 3.8) is 0 Å². The molecule has 3 aliphatic rings. The van der Waals surface area contributed by atoms with Gasteiger partial charge >= 0.3 is 0 Å². The average molecular weight is 438 g/mol. The standard InChI is InChI=1S/C27H22N2O4/c30-25(28-19-8-10-22-18(13-19)12-16-4-1-2-6-21(16)22)17-7-9-23-24(14-17)27(32)29(26(23)31)15-20-5-3-11-33-20/h1-2,4,6-10,13-14,20H,3,5,11-12,15H2,(H,28,30). The zero-order chi connectivity index (χ0) is 22.5. The van der Waals surface area contributed by atoms with Crippen molar-refractivity contribution in [2.75, 3.05) is 18.5 Å². The van der Waals surface area contributed by atoms with Crippen LogP contribution in [-0.2, 0) is 11.2 Å². The summed E-state index contributed by atoms with van der Waals surface area (Å²) in [7, 11) is 0. The quantitative estimate of drug-likeness (QED) is 0.483. The summed E-state index contributed by atoms with van der Waals surface area (Å²) in [5.41, 5.74) is 6.54. The highest BCUT2D eigenvalue weighted by atomic mass is 16.5. The second-order valence-electron chi connectivity index (χ2n) is 8.78. The molecular weight excluding hydrogens is 416 g/mol. The van der Waals surface area contributed by atoms with Gasteiger partial charge < -0.3 is 10.1 Å². The fourth-order valence-corrected chi connectivity index (χ4v) is 5.02. The molecule has 2 heterocycles. The maximum Gasteiger partial charge on any atom is 0.261 e. The highest BCUT2D eigenvalue weighted by molar-refractivity contribution is 6.22. The highest BCUT2D eigenvalue weighted by Crippen LogP contribution is 2.37. The number of hydrogen-bond donors (Lipinski definition) is 1. The molecule has 33 heavy (non-hydrogen) atoms. The Morgan fingerprint density at radius 2 is 1.70 bits per heavy atom. The van der Waals surface area contributed by atoms with Crippen molar-refractivity contribution >= 4 is 23.4 Å². The Balaban J connectivity index is 1.21. The molecule has 3 aromatic rings. The maximum atomic E-state index is 12.9. The van der Waals surface area contributed by atoms with E-state index in [0.29, 0.717) is 23.4 Å². The number of hydrogen-bond acceptors (Lipinski definition) is 4. The Bertz CT molecular complexity index is 1320. The van der Waals surface area contributed by atoms with E-state index in [1.807, 2.05) is 30.3 Å². The van der Waals surface area contributed by atoms with Gasteiger partial charge in [0.1, 0.15) is 0 Å². The molecule has 6 rings (SSSR count). The summed E-state index contributed by atoms with van der Waals surface area (Å²) in [5, 5.41) is 2.93. The van der Waals surface area contributed by atoms with Crippen LogP contribution in [-0.4, -0.2) is 41.9 Å². The van der Waals surface area contributed by atoms with Gasteiger partial charge in [0.15, 0.2) is 0 Å². The number of imide groups is 1. The van der Waals surface area contributed by atoms with E-state index < -0.39 is 0 Å². The van der Waals surface area contributed by atoms with Gasteiger partial charge in [0.2, 0.25) is 0 Å². The minimum atomic E-state index is -0.365. The number of nitrogens with zero attached hydrogens (tertiary/aromatic N) is 1. The minimum absolute atomic E-state index is 0.110. The van der Waals surface area contributed by atoms with Crippen LogP contribution >= 0.6 is 0 Å². The molecule has 164 valence electrons. The molecule has 0 aromatic heterocycles. The lowest BCUT2D eigenvalue weighted by Gasteiger charge is -2.17. The van der Waals surface area contributed by atoms with Crippen LogP contribution in [0.2, 0.25) is 0 Å². The van der Waals surface area contributed by atoms with Crippen molar-refractivity contribution in [1.82, 2.24) is 4.90 Å². The number of nitrogens with one attached hydrogen (secondary N) is 1. The van der Waals surface area contributed by atoms with E-state index in [-0.39, 0.29) is 35.9 Å². The van der Waals surface area contributed by atoms with E-state index in [2.05, 4.69) is 17.4 Å². The van der Waals surface area contributed by atoms with E-state index in [1.165, 1.54) is 33.2 Å². The Labute approximate surface area is 191 Å². The van der Waals surface area contributed by atoms with Crippen LogP contribution in [0.5, 0.6) is 0 Å². The summed E-state index contributed by atoms with van der Waals surface area (Å²) in [6, 6.07) is 18.9. The van der Waals surface area contributed by atoms with E-state index in [9.17, 15) is 14.4 Å². The first-order valence-corrected chi connectivity index (χ1v) is 11.2. The van der Waals surface area contributed by atoms with Gasteiger partial charge in [0.05, 0.1) is 23.8 Å². The lowest BCUT2D eigenvalue weighted by atomic mass is 10.0. The van der Waals surface area contributed by atoms with Crippen molar-refractivity contribution in [2.24, 2.45) is 0 Å². The molecular formula is C27H22N2O4. The Morgan fingerprint density at radius 3 is 2.55 bits per heavy atom. The lowest BCUT2D eigenvalue weighted by molar-refractivity contribution is 0.0475. The predicted molar refractivity (Wildman–Crippen MR) is 123 cm³/mol. The van der Waals surface area contributed by atoms with Gasteiger partial charge in [-0.3, -0.25) is 19.3 Å². The van der Waals surface area contributed by atoms with Crippen LogP contribution in [0.3, 0.4) is 0 Å².